The van der Waals surface area contributed by atoms with Gasteiger partial charge in [-0.2, -0.15) is 0 Å². The Morgan fingerprint density at radius 2 is 1.76 bits per heavy atom. The highest BCUT2D eigenvalue weighted by atomic mass is 16.5. The van der Waals surface area contributed by atoms with Crippen molar-refractivity contribution >= 4 is 5.95 Å². The summed E-state index contributed by atoms with van der Waals surface area (Å²) in [7, 11) is 5.60. The molecule has 1 rings (SSSR count). The van der Waals surface area contributed by atoms with Crippen molar-refractivity contribution in [2.45, 2.75) is 20.4 Å². The van der Waals surface area contributed by atoms with Gasteiger partial charge in [-0.15, -0.1) is 0 Å². The maximum atomic E-state index is 4.99. The quantitative estimate of drug-likeness (QED) is 0.746. The summed E-state index contributed by atoms with van der Waals surface area (Å²) in [6.07, 6.45) is 0. The van der Waals surface area contributed by atoms with Gasteiger partial charge in [0, 0.05) is 51.2 Å². The van der Waals surface area contributed by atoms with E-state index in [4.69, 9.17) is 4.74 Å². The van der Waals surface area contributed by atoms with Gasteiger partial charge >= 0.3 is 0 Å². The summed E-state index contributed by atoms with van der Waals surface area (Å²) < 4.78 is 4.99. The Kier molecular flexibility index (Phi) is 5.31. The van der Waals surface area contributed by atoms with E-state index in [1.165, 1.54) is 5.56 Å². The molecule has 1 heterocycles. The molecule has 0 aromatic carbocycles. The van der Waals surface area contributed by atoms with E-state index in [9.17, 15) is 0 Å². The Hall–Kier alpha value is -1.20. The number of nitrogens with one attached hydrogen (secondary N) is 1. The van der Waals surface area contributed by atoms with E-state index in [2.05, 4.69) is 15.3 Å². The molecule has 0 saturated carbocycles. The fourth-order valence-corrected chi connectivity index (χ4v) is 1.57. The Labute approximate surface area is 103 Å². The van der Waals surface area contributed by atoms with Crippen LogP contribution in [0.3, 0.4) is 0 Å². The zero-order chi connectivity index (χ0) is 12.8. The van der Waals surface area contributed by atoms with Crippen LogP contribution in [0.1, 0.15) is 17.0 Å². The first-order valence-corrected chi connectivity index (χ1v) is 5.77. The van der Waals surface area contributed by atoms with Crippen LogP contribution in [0.5, 0.6) is 0 Å². The van der Waals surface area contributed by atoms with Gasteiger partial charge in [0.25, 0.3) is 0 Å². The highest BCUT2D eigenvalue weighted by molar-refractivity contribution is 5.34. The molecule has 0 fully saturated rings. The number of anilines is 1. The minimum atomic E-state index is 0.717. The SMILES string of the molecule is COCCNCc1c(C)nc(N(C)C)nc1C. The second kappa shape index (κ2) is 6.51. The van der Waals surface area contributed by atoms with Crippen molar-refractivity contribution in [1.82, 2.24) is 15.3 Å². The van der Waals surface area contributed by atoms with Crippen molar-refractivity contribution in [1.29, 1.82) is 0 Å². The van der Waals surface area contributed by atoms with Crippen LogP contribution in [0.4, 0.5) is 5.95 Å². The number of rotatable bonds is 6. The van der Waals surface area contributed by atoms with Gasteiger partial charge < -0.3 is 15.0 Å². The van der Waals surface area contributed by atoms with Crippen molar-refractivity contribution in [2.24, 2.45) is 0 Å². The van der Waals surface area contributed by atoms with Crippen LogP contribution in [0.2, 0.25) is 0 Å². The molecule has 5 nitrogen and oxygen atoms in total. The second-order valence-corrected chi connectivity index (χ2v) is 4.24. The third-order valence-electron chi connectivity index (χ3n) is 2.59. The third-order valence-corrected chi connectivity index (χ3v) is 2.59. The molecule has 0 aliphatic rings. The third kappa shape index (κ3) is 3.94. The van der Waals surface area contributed by atoms with Gasteiger partial charge in [-0.3, -0.25) is 0 Å². The highest BCUT2D eigenvalue weighted by Gasteiger charge is 2.08. The summed E-state index contributed by atoms with van der Waals surface area (Å²) in [5.74, 6) is 0.764. The lowest BCUT2D eigenvalue weighted by Crippen LogP contribution is -2.21. The predicted octanol–water partition coefficient (Wildman–Crippen LogP) is 0.895. The van der Waals surface area contributed by atoms with Crippen LogP contribution >= 0.6 is 0 Å². The van der Waals surface area contributed by atoms with Crippen molar-refractivity contribution in [3.63, 3.8) is 0 Å². The predicted molar refractivity (Wildman–Crippen MR) is 69.4 cm³/mol. The molecule has 96 valence electrons. The second-order valence-electron chi connectivity index (χ2n) is 4.24. The molecule has 1 N–H and O–H groups in total. The van der Waals surface area contributed by atoms with Crippen molar-refractivity contribution < 1.29 is 4.74 Å². The Morgan fingerprint density at radius 3 is 2.24 bits per heavy atom. The summed E-state index contributed by atoms with van der Waals surface area (Å²) in [4.78, 5) is 10.9. The normalized spacial score (nSPS) is 10.6. The first kappa shape index (κ1) is 13.9. The fraction of sp³-hybridized carbons (Fsp3) is 0.667. The average Bonchev–Trinajstić information content (AvgIpc) is 2.26. The molecular formula is C12H22N4O. The van der Waals surface area contributed by atoms with Crippen LogP contribution in [0.25, 0.3) is 0 Å². The minimum Gasteiger partial charge on any atom is -0.383 e. The number of nitrogens with zero attached hydrogens (tertiary/aromatic N) is 3. The molecule has 0 saturated heterocycles. The number of ether oxygens (including phenoxy) is 1. The Bertz CT molecular complexity index is 343. The van der Waals surface area contributed by atoms with Gasteiger partial charge in [0.15, 0.2) is 0 Å². The van der Waals surface area contributed by atoms with Crippen LogP contribution in [0.15, 0.2) is 0 Å². The lowest BCUT2D eigenvalue weighted by Gasteiger charge is -2.15. The van der Waals surface area contributed by atoms with E-state index in [1.54, 1.807) is 7.11 Å². The molecule has 0 aliphatic heterocycles. The van der Waals surface area contributed by atoms with E-state index in [0.717, 1.165) is 30.4 Å². The number of hydrogen-bond acceptors (Lipinski definition) is 5. The number of methoxy groups -OCH3 is 1. The molecule has 0 amide bonds. The minimum absolute atomic E-state index is 0.717. The number of hydrogen-bond donors (Lipinski definition) is 1. The fourth-order valence-electron chi connectivity index (χ4n) is 1.57. The maximum Gasteiger partial charge on any atom is 0.225 e. The van der Waals surface area contributed by atoms with E-state index >= 15 is 0 Å². The zero-order valence-corrected chi connectivity index (χ0v) is 11.4. The topological polar surface area (TPSA) is 50.3 Å². The van der Waals surface area contributed by atoms with Gasteiger partial charge in [0.05, 0.1) is 6.61 Å². The van der Waals surface area contributed by atoms with Crippen LogP contribution < -0.4 is 10.2 Å². The maximum absolute atomic E-state index is 4.99. The van der Waals surface area contributed by atoms with Crippen LogP contribution in [-0.4, -0.2) is 44.3 Å². The summed E-state index contributed by atoms with van der Waals surface area (Å²) in [6.45, 7) is 6.39. The van der Waals surface area contributed by atoms with E-state index < -0.39 is 0 Å². The summed E-state index contributed by atoms with van der Waals surface area (Å²) in [5.41, 5.74) is 3.24. The standard InChI is InChI=1S/C12H22N4O/c1-9-11(8-13-6-7-17-5)10(2)15-12(14-9)16(3)4/h13H,6-8H2,1-5H3. The van der Waals surface area contributed by atoms with Gasteiger partial charge in [0.1, 0.15) is 0 Å². The molecular weight excluding hydrogens is 216 g/mol. The Balaban J connectivity index is 2.72. The van der Waals surface area contributed by atoms with Crippen LogP contribution in [-0.2, 0) is 11.3 Å². The average molecular weight is 238 g/mol. The monoisotopic (exact) mass is 238 g/mol. The molecule has 0 unspecified atom stereocenters. The smallest absolute Gasteiger partial charge is 0.225 e. The largest absolute Gasteiger partial charge is 0.383 e. The molecule has 0 spiro atoms. The molecule has 0 aliphatic carbocycles. The lowest BCUT2D eigenvalue weighted by molar-refractivity contribution is 0.199. The number of aromatic nitrogens is 2. The van der Waals surface area contributed by atoms with Gasteiger partial charge in [-0.25, -0.2) is 9.97 Å². The Morgan fingerprint density at radius 1 is 1.18 bits per heavy atom. The van der Waals surface area contributed by atoms with Crippen molar-refractivity contribution in [3.8, 4) is 0 Å². The molecule has 17 heavy (non-hydrogen) atoms. The van der Waals surface area contributed by atoms with Gasteiger partial charge in [-0.05, 0) is 13.8 Å². The molecule has 0 bridgehead atoms. The van der Waals surface area contributed by atoms with Gasteiger partial charge in [0.2, 0.25) is 5.95 Å². The molecule has 1 aromatic heterocycles. The number of aryl methyl sites for hydroxylation is 2. The van der Waals surface area contributed by atoms with Gasteiger partial charge in [-0.1, -0.05) is 0 Å². The molecule has 5 heteroatoms. The summed E-state index contributed by atoms with van der Waals surface area (Å²) >= 11 is 0. The lowest BCUT2D eigenvalue weighted by atomic mass is 10.1. The molecule has 0 radical (unpaired) electrons. The first-order chi connectivity index (χ1) is 8.06. The van der Waals surface area contributed by atoms with E-state index in [-0.39, 0.29) is 0 Å². The van der Waals surface area contributed by atoms with Crippen molar-refractivity contribution in [2.75, 3.05) is 39.3 Å². The van der Waals surface area contributed by atoms with Crippen molar-refractivity contribution in [3.05, 3.63) is 17.0 Å². The summed E-state index contributed by atoms with van der Waals surface area (Å²) in [6, 6.07) is 0. The first-order valence-electron chi connectivity index (χ1n) is 5.77. The molecule has 1 aromatic rings. The summed E-state index contributed by atoms with van der Waals surface area (Å²) in [5, 5.41) is 3.31. The molecule has 0 atom stereocenters. The van der Waals surface area contributed by atoms with E-state index in [1.807, 2.05) is 32.8 Å². The van der Waals surface area contributed by atoms with Crippen LogP contribution in [0, 0.1) is 13.8 Å². The van der Waals surface area contributed by atoms with E-state index in [0.29, 0.717) is 6.61 Å². The zero-order valence-electron chi connectivity index (χ0n) is 11.4. The highest BCUT2D eigenvalue weighted by Crippen LogP contribution is 2.13.